The minimum atomic E-state index is 0.324. The van der Waals surface area contributed by atoms with Crippen molar-refractivity contribution in [2.75, 3.05) is 49.5 Å². The molecule has 3 aromatic rings. The van der Waals surface area contributed by atoms with E-state index in [-0.39, 0.29) is 0 Å². The largest absolute Gasteiger partial charge is 0.423 e. The van der Waals surface area contributed by atoms with Crippen LogP contribution in [0.4, 0.5) is 11.7 Å². The number of fused-ring (bicyclic) bond motifs is 3. The molecule has 1 spiro atoms. The first kappa shape index (κ1) is 21.0. The van der Waals surface area contributed by atoms with Gasteiger partial charge in [0, 0.05) is 37.3 Å². The normalized spacial score (nSPS) is 26.1. The highest BCUT2D eigenvalue weighted by Crippen LogP contribution is 2.47. The number of aryl methyl sites for hydroxylation is 1. The number of benzene rings is 2. The molecule has 3 aliphatic rings. The number of oxazole rings is 1. The Balaban J connectivity index is 1.01. The standard InChI is InChI=1S/C28H36N4O/c1-20-7-8-23-25(17-20)29-19-28(23)12-16-31(18-21(28)2)13-9-22-10-14-32(15-11-22)27-30-24-5-3-4-6-26(24)33-27/h3-8,17,21-22,29H,9-16,18-19H2,1-2H3/t21?,28-/m1/s1. The average Bonchev–Trinajstić information content (AvgIpc) is 3.42. The minimum Gasteiger partial charge on any atom is -0.423 e. The molecule has 4 heterocycles. The smallest absolute Gasteiger partial charge is 0.298 e. The van der Waals surface area contributed by atoms with E-state index in [1.165, 1.54) is 56.6 Å². The second-order valence-corrected chi connectivity index (χ2v) is 10.7. The molecule has 2 fully saturated rings. The number of para-hydroxylation sites is 2. The molecule has 6 rings (SSSR count). The summed E-state index contributed by atoms with van der Waals surface area (Å²) in [6.45, 7) is 11.6. The predicted molar refractivity (Wildman–Crippen MR) is 135 cm³/mol. The second kappa shape index (κ2) is 8.35. The first-order valence-corrected chi connectivity index (χ1v) is 12.8. The maximum absolute atomic E-state index is 5.99. The summed E-state index contributed by atoms with van der Waals surface area (Å²) < 4.78 is 5.99. The molecule has 0 aliphatic carbocycles. The summed E-state index contributed by atoms with van der Waals surface area (Å²) in [4.78, 5) is 9.75. The molecular weight excluding hydrogens is 408 g/mol. The Morgan fingerprint density at radius 2 is 1.97 bits per heavy atom. The molecule has 33 heavy (non-hydrogen) atoms. The molecule has 0 bridgehead atoms. The van der Waals surface area contributed by atoms with Gasteiger partial charge in [0.05, 0.1) is 0 Å². The summed E-state index contributed by atoms with van der Waals surface area (Å²) in [7, 11) is 0. The minimum absolute atomic E-state index is 0.324. The summed E-state index contributed by atoms with van der Waals surface area (Å²) in [5.41, 5.74) is 6.46. The third-order valence-corrected chi connectivity index (χ3v) is 8.68. The van der Waals surface area contributed by atoms with Crippen LogP contribution in [0.25, 0.3) is 11.1 Å². The molecule has 5 heteroatoms. The van der Waals surface area contributed by atoms with E-state index in [0.29, 0.717) is 11.3 Å². The predicted octanol–water partition coefficient (Wildman–Crippen LogP) is 5.45. The lowest BCUT2D eigenvalue weighted by molar-refractivity contribution is 0.104. The zero-order valence-corrected chi connectivity index (χ0v) is 20.0. The summed E-state index contributed by atoms with van der Waals surface area (Å²) in [6, 6.07) is 15.9. The summed E-state index contributed by atoms with van der Waals surface area (Å²) in [6.07, 6.45) is 5.06. The van der Waals surface area contributed by atoms with Gasteiger partial charge in [-0.1, -0.05) is 31.2 Å². The van der Waals surface area contributed by atoms with Crippen molar-refractivity contribution in [1.82, 2.24) is 9.88 Å². The Morgan fingerprint density at radius 3 is 2.79 bits per heavy atom. The van der Waals surface area contributed by atoms with Crippen LogP contribution in [0.15, 0.2) is 46.9 Å². The van der Waals surface area contributed by atoms with Crippen molar-refractivity contribution in [3.8, 4) is 0 Å². The fraction of sp³-hybridized carbons (Fsp3) is 0.536. The molecule has 0 amide bonds. The first-order valence-electron chi connectivity index (χ1n) is 12.8. The first-order chi connectivity index (χ1) is 16.1. The van der Waals surface area contributed by atoms with Crippen LogP contribution in [0.2, 0.25) is 0 Å². The fourth-order valence-electron chi connectivity index (χ4n) is 6.48. The van der Waals surface area contributed by atoms with Crippen LogP contribution in [-0.4, -0.2) is 49.2 Å². The van der Waals surface area contributed by atoms with Gasteiger partial charge >= 0.3 is 0 Å². The molecule has 2 aromatic carbocycles. The quantitative estimate of drug-likeness (QED) is 0.580. The highest BCUT2D eigenvalue weighted by atomic mass is 16.4. The van der Waals surface area contributed by atoms with Crippen LogP contribution < -0.4 is 10.2 Å². The molecule has 1 aromatic heterocycles. The van der Waals surface area contributed by atoms with Gasteiger partial charge in [-0.25, -0.2) is 0 Å². The maximum Gasteiger partial charge on any atom is 0.298 e. The SMILES string of the molecule is Cc1ccc2c(c1)NC[C@@]21CCN(CCC2CCN(c3nc4ccccc4o3)CC2)CC1C. The molecule has 0 saturated carbocycles. The zero-order valence-electron chi connectivity index (χ0n) is 20.0. The molecule has 1 N–H and O–H groups in total. The van der Waals surface area contributed by atoms with Crippen LogP contribution in [0.1, 0.15) is 43.7 Å². The molecule has 174 valence electrons. The van der Waals surface area contributed by atoms with Crippen molar-refractivity contribution in [2.24, 2.45) is 11.8 Å². The Labute approximate surface area is 197 Å². The number of nitrogens with zero attached hydrogens (tertiary/aromatic N) is 3. The highest BCUT2D eigenvalue weighted by Gasteiger charge is 2.46. The molecule has 1 unspecified atom stereocenters. The van der Waals surface area contributed by atoms with E-state index in [1.807, 2.05) is 24.3 Å². The van der Waals surface area contributed by atoms with E-state index in [0.717, 1.165) is 42.7 Å². The number of anilines is 2. The van der Waals surface area contributed by atoms with Crippen molar-refractivity contribution in [3.63, 3.8) is 0 Å². The summed E-state index contributed by atoms with van der Waals surface area (Å²) >= 11 is 0. The van der Waals surface area contributed by atoms with Crippen LogP contribution in [0.3, 0.4) is 0 Å². The third kappa shape index (κ3) is 3.80. The number of hydrogen-bond acceptors (Lipinski definition) is 5. The van der Waals surface area contributed by atoms with E-state index in [9.17, 15) is 0 Å². The van der Waals surface area contributed by atoms with Gasteiger partial charge in [0.25, 0.3) is 6.01 Å². The van der Waals surface area contributed by atoms with E-state index < -0.39 is 0 Å². The van der Waals surface area contributed by atoms with Crippen LogP contribution in [-0.2, 0) is 5.41 Å². The molecule has 2 atom stereocenters. The second-order valence-electron chi connectivity index (χ2n) is 10.7. The van der Waals surface area contributed by atoms with Gasteiger partial charge < -0.3 is 19.5 Å². The van der Waals surface area contributed by atoms with Gasteiger partial charge in [-0.15, -0.1) is 0 Å². The van der Waals surface area contributed by atoms with E-state index in [4.69, 9.17) is 9.40 Å². The van der Waals surface area contributed by atoms with Gasteiger partial charge in [-0.2, -0.15) is 4.98 Å². The van der Waals surface area contributed by atoms with Crippen molar-refractivity contribution in [2.45, 2.75) is 44.9 Å². The van der Waals surface area contributed by atoms with Crippen LogP contribution in [0.5, 0.6) is 0 Å². The number of aromatic nitrogens is 1. The van der Waals surface area contributed by atoms with Crippen LogP contribution in [0, 0.1) is 18.8 Å². The summed E-state index contributed by atoms with van der Waals surface area (Å²) in [5, 5.41) is 3.72. The Bertz CT molecular complexity index is 1100. The highest BCUT2D eigenvalue weighted by molar-refractivity contribution is 5.74. The molecular formula is C28H36N4O. The van der Waals surface area contributed by atoms with E-state index in [1.54, 1.807) is 5.56 Å². The molecule has 3 aliphatic heterocycles. The Kier molecular flexibility index (Phi) is 5.33. The number of rotatable bonds is 4. The number of nitrogens with one attached hydrogen (secondary N) is 1. The number of hydrogen-bond donors (Lipinski definition) is 1. The van der Waals surface area contributed by atoms with Crippen LogP contribution >= 0.6 is 0 Å². The van der Waals surface area contributed by atoms with Crippen molar-refractivity contribution >= 4 is 22.8 Å². The monoisotopic (exact) mass is 444 g/mol. The number of likely N-dealkylation sites (tertiary alicyclic amines) is 1. The fourth-order valence-corrected chi connectivity index (χ4v) is 6.48. The maximum atomic E-state index is 5.99. The van der Waals surface area contributed by atoms with Gasteiger partial charge in [0.2, 0.25) is 0 Å². The Hall–Kier alpha value is -2.53. The van der Waals surface area contributed by atoms with Gasteiger partial charge in [-0.3, -0.25) is 0 Å². The molecule has 5 nitrogen and oxygen atoms in total. The van der Waals surface area contributed by atoms with E-state index in [2.05, 4.69) is 47.2 Å². The lowest BCUT2D eigenvalue weighted by atomic mass is 9.67. The van der Waals surface area contributed by atoms with Gasteiger partial charge in [0.15, 0.2) is 5.58 Å². The van der Waals surface area contributed by atoms with Crippen molar-refractivity contribution < 1.29 is 4.42 Å². The van der Waals surface area contributed by atoms with Gasteiger partial charge in [0.1, 0.15) is 5.52 Å². The molecule has 0 radical (unpaired) electrons. The molecule has 2 saturated heterocycles. The number of piperidine rings is 2. The average molecular weight is 445 g/mol. The summed E-state index contributed by atoms with van der Waals surface area (Å²) in [5.74, 6) is 1.50. The van der Waals surface area contributed by atoms with Crippen molar-refractivity contribution in [1.29, 1.82) is 0 Å². The van der Waals surface area contributed by atoms with Crippen molar-refractivity contribution in [3.05, 3.63) is 53.6 Å². The topological polar surface area (TPSA) is 44.5 Å². The zero-order chi connectivity index (χ0) is 22.4. The Morgan fingerprint density at radius 1 is 1.12 bits per heavy atom. The lowest BCUT2D eigenvalue weighted by Gasteiger charge is -2.45. The lowest BCUT2D eigenvalue weighted by Crippen LogP contribution is -2.50. The van der Waals surface area contributed by atoms with Gasteiger partial charge in [-0.05, 0) is 86.9 Å². The third-order valence-electron chi connectivity index (χ3n) is 8.68. The van der Waals surface area contributed by atoms with E-state index >= 15 is 0 Å².